The van der Waals surface area contributed by atoms with Gasteiger partial charge in [0.1, 0.15) is 0 Å². The molecule has 3 aliphatic rings. The monoisotopic (exact) mass is 482 g/mol. The second kappa shape index (κ2) is 7.16. The van der Waals surface area contributed by atoms with Gasteiger partial charge in [-0.15, -0.1) is 0 Å². The normalized spacial score (nSPS) is 37.4. The van der Waals surface area contributed by atoms with Gasteiger partial charge in [0.05, 0.1) is 11.7 Å². The zero-order valence-electron chi connectivity index (χ0n) is 15.9. The summed E-state index contributed by atoms with van der Waals surface area (Å²) < 4.78 is 11.7. The van der Waals surface area contributed by atoms with Crippen LogP contribution in [0.25, 0.3) is 0 Å². The summed E-state index contributed by atoms with van der Waals surface area (Å²) >= 11 is 2.26. The Hall–Kier alpha value is -0.920. The summed E-state index contributed by atoms with van der Waals surface area (Å²) in [6.45, 7) is 4.14. The van der Waals surface area contributed by atoms with Crippen molar-refractivity contribution >= 4 is 28.6 Å². The summed E-state index contributed by atoms with van der Waals surface area (Å²) in [4.78, 5) is 12.6. The maximum atomic E-state index is 12.6. The molecule has 2 fully saturated rings. The van der Waals surface area contributed by atoms with E-state index >= 15 is 0 Å². The molecule has 2 aliphatic heterocycles. The van der Waals surface area contributed by atoms with Crippen molar-refractivity contribution in [3.05, 3.63) is 47.0 Å². The Morgan fingerprint density at radius 3 is 2.85 bits per heavy atom. The first kappa shape index (κ1) is 19.4. The molecule has 0 unspecified atom stereocenters. The van der Waals surface area contributed by atoms with Gasteiger partial charge >= 0.3 is 5.97 Å². The maximum absolute atomic E-state index is 12.6. The van der Waals surface area contributed by atoms with E-state index in [1.807, 2.05) is 25.1 Å². The van der Waals surface area contributed by atoms with E-state index in [0.717, 1.165) is 25.7 Å². The quantitative estimate of drug-likeness (QED) is 0.294. The Balaban J connectivity index is 1.46. The molecule has 1 aromatic carbocycles. The molecule has 2 saturated heterocycles. The molecule has 146 valence electrons. The third kappa shape index (κ3) is 3.36. The molecule has 1 aromatic rings. The van der Waals surface area contributed by atoms with Crippen LogP contribution in [0.15, 0.2) is 41.5 Å². The Labute approximate surface area is 174 Å². The van der Waals surface area contributed by atoms with Crippen LogP contribution in [-0.4, -0.2) is 32.5 Å². The van der Waals surface area contributed by atoms with Gasteiger partial charge in [0.2, 0.25) is 0 Å². The number of halogens is 1. The highest BCUT2D eigenvalue weighted by Crippen LogP contribution is 2.61. The molecule has 0 radical (unpaired) electrons. The van der Waals surface area contributed by atoms with Crippen LogP contribution in [0.5, 0.6) is 0 Å². The second-order valence-electron chi connectivity index (χ2n) is 8.33. The number of aliphatic hydroxyl groups excluding tert-OH is 1. The minimum absolute atomic E-state index is 0.139. The van der Waals surface area contributed by atoms with Gasteiger partial charge < -0.3 is 14.6 Å². The van der Waals surface area contributed by atoms with Crippen LogP contribution in [0.4, 0.5) is 0 Å². The lowest BCUT2D eigenvalue weighted by Crippen LogP contribution is -2.54. The fraction of sp³-hybridized carbons (Fsp3) is 0.591. The minimum Gasteiger partial charge on any atom is -0.454 e. The van der Waals surface area contributed by atoms with Crippen LogP contribution in [-0.2, 0) is 20.7 Å². The van der Waals surface area contributed by atoms with Gasteiger partial charge in [-0.05, 0) is 73.3 Å². The van der Waals surface area contributed by atoms with Crippen molar-refractivity contribution < 1.29 is 19.4 Å². The number of carbonyl (C=O) groups is 1. The first-order valence-corrected chi connectivity index (χ1v) is 10.9. The summed E-state index contributed by atoms with van der Waals surface area (Å²) in [6, 6.07) is 10.2. The molecule has 1 N–H and O–H groups in total. The summed E-state index contributed by atoms with van der Waals surface area (Å²) in [6.07, 6.45) is 3.57. The van der Waals surface area contributed by atoms with Crippen LogP contribution < -0.4 is 0 Å². The fourth-order valence-corrected chi connectivity index (χ4v) is 6.38. The van der Waals surface area contributed by atoms with Crippen molar-refractivity contribution in [2.45, 2.75) is 73.8 Å². The van der Waals surface area contributed by atoms with E-state index in [9.17, 15) is 9.90 Å². The lowest BCUT2D eigenvalue weighted by molar-refractivity contribution is -0.178. The highest BCUT2D eigenvalue weighted by atomic mass is 127. The van der Waals surface area contributed by atoms with Gasteiger partial charge in [0, 0.05) is 18.8 Å². The lowest BCUT2D eigenvalue weighted by Gasteiger charge is -2.46. The number of esters is 1. The molecule has 0 amide bonds. The van der Waals surface area contributed by atoms with E-state index in [4.69, 9.17) is 9.47 Å². The Kier molecular flexibility index (Phi) is 5.14. The SMILES string of the molecule is CC1=C2[C@@H](CC1)[C@]1(C)O[C@@](I)(C[C@H]1O)[C@H]2OC(=O)CCCc1ccccc1. The Morgan fingerprint density at radius 1 is 1.37 bits per heavy atom. The largest absolute Gasteiger partial charge is 0.454 e. The van der Waals surface area contributed by atoms with Gasteiger partial charge in [-0.25, -0.2) is 0 Å². The van der Waals surface area contributed by atoms with Crippen LogP contribution in [0.1, 0.15) is 51.5 Å². The van der Waals surface area contributed by atoms with Crippen molar-refractivity contribution in [3.8, 4) is 0 Å². The molecule has 4 nitrogen and oxygen atoms in total. The van der Waals surface area contributed by atoms with Crippen molar-refractivity contribution in [1.82, 2.24) is 0 Å². The highest BCUT2D eigenvalue weighted by Gasteiger charge is 2.67. The summed E-state index contributed by atoms with van der Waals surface area (Å²) in [7, 11) is 0. The summed E-state index contributed by atoms with van der Waals surface area (Å²) in [5.41, 5.74) is 3.17. The van der Waals surface area contributed by atoms with Crippen molar-refractivity contribution in [3.63, 3.8) is 0 Å². The topological polar surface area (TPSA) is 55.8 Å². The summed E-state index contributed by atoms with van der Waals surface area (Å²) in [5.74, 6) is -0.0356. The third-order valence-corrected chi connectivity index (χ3v) is 7.73. The van der Waals surface area contributed by atoms with Gasteiger partial charge in [-0.3, -0.25) is 4.79 Å². The third-order valence-electron chi connectivity index (χ3n) is 6.50. The van der Waals surface area contributed by atoms with Crippen LogP contribution >= 0.6 is 22.6 Å². The molecule has 5 heteroatoms. The zero-order chi connectivity index (χ0) is 19.2. The second-order valence-corrected chi connectivity index (χ2v) is 10.2. The van der Waals surface area contributed by atoms with E-state index in [0.29, 0.717) is 12.8 Å². The summed E-state index contributed by atoms with van der Waals surface area (Å²) in [5, 5.41) is 10.7. The molecular weight excluding hydrogens is 455 g/mol. The van der Waals surface area contributed by atoms with Gasteiger partial charge in [-0.2, -0.15) is 0 Å². The van der Waals surface area contributed by atoms with Crippen LogP contribution in [0, 0.1) is 5.92 Å². The molecule has 27 heavy (non-hydrogen) atoms. The number of carbonyl (C=O) groups excluding carboxylic acids is 1. The van der Waals surface area contributed by atoms with Crippen LogP contribution in [0.2, 0.25) is 0 Å². The first-order valence-electron chi connectivity index (χ1n) is 9.83. The number of alkyl halides is 1. The number of hydrogen-bond donors (Lipinski definition) is 1. The molecule has 0 saturated carbocycles. The maximum Gasteiger partial charge on any atom is 0.306 e. The molecule has 1 aliphatic carbocycles. The number of aliphatic hydroxyl groups is 1. The van der Waals surface area contributed by atoms with Crippen molar-refractivity contribution in [2.24, 2.45) is 5.92 Å². The van der Waals surface area contributed by atoms with Crippen molar-refractivity contribution in [2.75, 3.05) is 0 Å². The first-order chi connectivity index (χ1) is 12.8. The molecule has 2 bridgehead atoms. The molecule has 2 heterocycles. The number of aryl methyl sites for hydroxylation is 1. The standard InChI is InChI=1S/C22H27IO4/c1-14-11-12-16-19(14)20(22(23)13-17(24)21(16,2)27-22)26-18(25)10-6-9-15-7-4-3-5-8-15/h3-5,7-8,16-17,20,24H,6,9-13H2,1-2H3/t16-,17-,20+,21+,22+/m1/s1. The predicted octanol–water partition coefficient (Wildman–Crippen LogP) is 4.33. The Bertz CT molecular complexity index is 761. The van der Waals surface area contributed by atoms with E-state index in [-0.39, 0.29) is 18.0 Å². The van der Waals surface area contributed by atoms with Gasteiger partial charge in [-0.1, -0.05) is 35.9 Å². The number of allylic oxidation sites excluding steroid dienone is 1. The number of fused-ring (bicyclic) bond motifs is 4. The molecule has 0 spiro atoms. The fourth-order valence-electron chi connectivity index (χ4n) is 5.02. The number of rotatable bonds is 5. The lowest BCUT2D eigenvalue weighted by atomic mass is 9.79. The molecule has 0 aromatic heterocycles. The van der Waals surface area contributed by atoms with Crippen LogP contribution in [0.3, 0.4) is 0 Å². The highest BCUT2D eigenvalue weighted by molar-refractivity contribution is 14.1. The molecule has 5 atom stereocenters. The Morgan fingerprint density at radius 2 is 2.11 bits per heavy atom. The van der Waals surface area contributed by atoms with Gasteiger partial charge in [0.25, 0.3) is 0 Å². The predicted molar refractivity (Wildman–Crippen MR) is 112 cm³/mol. The van der Waals surface area contributed by atoms with Crippen molar-refractivity contribution in [1.29, 1.82) is 0 Å². The average Bonchev–Trinajstić information content (AvgIpc) is 3.10. The van der Waals surface area contributed by atoms with Gasteiger partial charge in [0.15, 0.2) is 9.71 Å². The number of ether oxygens (including phenoxy) is 2. The number of hydrogen-bond acceptors (Lipinski definition) is 4. The van der Waals surface area contributed by atoms with E-state index in [2.05, 4.69) is 41.6 Å². The minimum atomic E-state index is -0.668. The molecular formula is C22H27IO4. The smallest absolute Gasteiger partial charge is 0.306 e. The number of benzene rings is 1. The average molecular weight is 482 g/mol. The zero-order valence-corrected chi connectivity index (χ0v) is 18.1. The molecule has 4 rings (SSSR count). The van der Waals surface area contributed by atoms with E-state index < -0.39 is 15.3 Å². The van der Waals surface area contributed by atoms with E-state index in [1.54, 1.807) is 0 Å². The van der Waals surface area contributed by atoms with E-state index in [1.165, 1.54) is 16.7 Å².